The Bertz CT molecular complexity index is 676. The topological polar surface area (TPSA) is 98.7 Å². The van der Waals surface area contributed by atoms with Crippen molar-refractivity contribution in [2.45, 2.75) is 0 Å². The zero-order valence-corrected chi connectivity index (χ0v) is 10.2. The van der Waals surface area contributed by atoms with Crippen molar-refractivity contribution in [2.75, 3.05) is 10.6 Å². The minimum atomic E-state index is -0.998. The fourth-order valence-electron chi connectivity index (χ4n) is 2.07. The van der Waals surface area contributed by atoms with Gasteiger partial charge >= 0.3 is 11.9 Å². The van der Waals surface area contributed by atoms with E-state index < -0.39 is 11.9 Å². The molecule has 0 radical (unpaired) electrons. The van der Waals surface area contributed by atoms with Crippen LogP contribution < -0.4 is 10.6 Å². The van der Waals surface area contributed by atoms with Crippen LogP contribution in [-0.2, 0) is 0 Å². The number of hydrogen-bond donors (Lipinski definition) is 4. The van der Waals surface area contributed by atoms with E-state index in [1.807, 2.05) is 0 Å². The van der Waals surface area contributed by atoms with Crippen molar-refractivity contribution in [3.05, 3.63) is 47.5 Å². The van der Waals surface area contributed by atoms with Gasteiger partial charge in [0.2, 0.25) is 0 Å². The SMILES string of the molecule is O=C(O)c1ccc2c(c1)Nc1ccc(C(=O)O)cc1N2. The molecule has 20 heavy (non-hydrogen) atoms. The second-order valence-electron chi connectivity index (χ2n) is 4.38. The molecule has 1 aliphatic rings. The van der Waals surface area contributed by atoms with Gasteiger partial charge in [0.15, 0.2) is 0 Å². The van der Waals surface area contributed by atoms with E-state index in [2.05, 4.69) is 10.6 Å². The van der Waals surface area contributed by atoms with Gasteiger partial charge in [-0.25, -0.2) is 9.59 Å². The molecule has 2 aromatic carbocycles. The van der Waals surface area contributed by atoms with Crippen molar-refractivity contribution in [1.82, 2.24) is 0 Å². The number of aromatic carboxylic acids is 2. The van der Waals surface area contributed by atoms with E-state index in [0.717, 1.165) is 0 Å². The molecule has 1 aliphatic heterocycles. The van der Waals surface area contributed by atoms with Crippen molar-refractivity contribution >= 4 is 34.7 Å². The third kappa shape index (κ3) is 1.93. The van der Waals surface area contributed by atoms with Crippen molar-refractivity contribution in [3.63, 3.8) is 0 Å². The number of rotatable bonds is 2. The predicted octanol–water partition coefficient (Wildman–Crippen LogP) is 2.88. The molecule has 0 atom stereocenters. The highest BCUT2D eigenvalue weighted by atomic mass is 16.4. The average Bonchev–Trinajstić information content (AvgIpc) is 2.43. The van der Waals surface area contributed by atoms with Crippen LogP contribution in [0, 0.1) is 0 Å². The molecule has 1 heterocycles. The van der Waals surface area contributed by atoms with Gasteiger partial charge in [-0.15, -0.1) is 0 Å². The molecule has 6 nitrogen and oxygen atoms in total. The first-order valence-corrected chi connectivity index (χ1v) is 5.83. The Morgan fingerprint density at radius 3 is 1.45 bits per heavy atom. The van der Waals surface area contributed by atoms with Crippen LogP contribution >= 0.6 is 0 Å². The number of carbonyl (C=O) groups is 2. The minimum Gasteiger partial charge on any atom is -0.478 e. The van der Waals surface area contributed by atoms with Gasteiger partial charge in [-0.3, -0.25) is 0 Å². The Hall–Kier alpha value is -3.02. The highest BCUT2D eigenvalue weighted by Gasteiger charge is 2.17. The van der Waals surface area contributed by atoms with Gasteiger partial charge in [-0.2, -0.15) is 0 Å². The number of nitrogens with one attached hydrogen (secondary N) is 2. The maximum atomic E-state index is 10.9. The summed E-state index contributed by atoms with van der Waals surface area (Å²) in [4.78, 5) is 21.9. The van der Waals surface area contributed by atoms with Crippen molar-refractivity contribution in [1.29, 1.82) is 0 Å². The summed E-state index contributed by atoms with van der Waals surface area (Å²) < 4.78 is 0. The number of carboxylic acids is 2. The van der Waals surface area contributed by atoms with Gasteiger partial charge in [-0.05, 0) is 36.4 Å². The van der Waals surface area contributed by atoms with E-state index >= 15 is 0 Å². The van der Waals surface area contributed by atoms with E-state index in [-0.39, 0.29) is 11.1 Å². The van der Waals surface area contributed by atoms with E-state index in [4.69, 9.17) is 10.2 Å². The molecule has 0 aromatic heterocycles. The second-order valence-corrected chi connectivity index (χ2v) is 4.38. The Morgan fingerprint density at radius 2 is 1.10 bits per heavy atom. The third-order valence-corrected chi connectivity index (χ3v) is 3.07. The maximum Gasteiger partial charge on any atom is 0.335 e. The fraction of sp³-hybridized carbons (Fsp3) is 0. The third-order valence-electron chi connectivity index (χ3n) is 3.07. The number of fused-ring (bicyclic) bond motifs is 2. The van der Waals surface area contributed by atoms with Crippen molar-refractivity contribution < 1.29 is 19.8 Å². The summed E-state index contributed by atoms with van der Waals surface area (Å²) in [5.74, 6) is -2.00. The summed E-state index contributed by atoms with van der Waals surface area (Å²) in [6, 6.07) is 9.31. The standard InChI is InChI=1S/C14H10N2O4/c17-13(18)7-1-3-9-11(5-7)16-10-4-2-8(14(19)20)6-12(10)15-9/h1-6,15-16H,(H,17,18)(H,19,20). The Kier molecular flexibility index (Phi) is 2.57. The Morgan fingerprint density at radius 1 is 0.700 bits per heavy atom. The lowest BCUT2D eigenvalue weighted by Gasteiger charge is -2.23. The van der Waals surface area contributed by atoms with Gasteiger partial charge in [0.1, 0.15) is 0 Å². The average molecular weight is 270 g/mol. The Balaban J connectivity index is 2.02. The van der Waals surface area contributed by atoms with E-state index in [1.165, 1.54) is 24.3 Å². The van der Waals surface area contributed by atoms with Crippen LogP contribution in [0.2, 0.25) is 0 Å². The molecule has 100 valence electrons. The fourth-order valence-corrected chi connectivity index (χ4v) is 2.07. The van der Waals surface area contributed by atoms with Crippen molar-refractivity contribution in [3.8, 4) is 0 Å². The molecule has 0 unspecified atom stereocenters. The van der Waals surface area contributed by atoms with Crippen LogP contribution in [0.25, 0.3) is 0 Å². The van der Waals surface area contributed by atoms with Gasteiger partial charge < -0.3 is 20.8 Å². The van der Waals surface area contributed by atoms with Crippen LogP contribution in [0.4, 0.5) is 22.7 Å². The van der Waals surface area contributed by atoms with Gasteiger partial charge in [0, 0.05) is 0 Å². The van der Waals surface area contributed by atoms with E-state index in [0.29, 0.717) is 22.7 Å². The van der Waals surface area contributed by atoms with Gasteiger partial charge in [0.25, 0.3) is 0 Å². The molecule has 0 saturated carbocycles. The molecular weight excluding hydrogens is 260 g/mol. The monoisotopic (exact) mass is 270 g/mol. The first-order chi connectivity index (χ1) is 9.54. The number of hydrogen-bond acceptors (Lipinski definition) is 4. The summed E-state index contributed by atoms with van der Waals surface area (Å²) in [6.07, 6.45) is 0. The molecule has 0 spiro atoms. The minimum absolute atomic E-state index is 0.184. The van der Waals surface area contributed by atoms with E-state index in [9.17, 15) is 9.59 Å². The zero-order chi connectivity index (χ0) is 14.3. The van der Waals surface area contributed by atoms with E-state index in [1.54, 1.807) is 12.1 Å². The van der Waals surface area contributed by atoms with Crippen LogP contribution in [-0.4, -0.2) is 22.2 Å². The summed E-state index contributed by atoms with van der Waals surface area (Å²) in [5.41, 5.74) is 3.04. The maximum absolute atomic E-state index is 10.9. The lowest BCUT2D eigenvalue weighted by atomic mass is 10.1. The molecule has 6 heteroatoms. The molecule has 2 aromatic rings. The van der Waals surface area contributed by atoms with Crippen molar-refractivity contribution in [2.24, 2.45) is 0 Å². The smallest absolute Gasteiger partial charge is 0.335 e. The zero-order valence-electron chi connectivity index (χ0n) is 10.2. The summed E-state index contributed by atoms with van der Waals surface area (Å²) >= 11 is 0. The Labute approximate surface area is 113 Å². The lowest BCUT2D eigenvalue weighted by Crippen LogP contribution is -2.09. The second kappa shape index (κ2) is 4.27. The number of benzene rings is 2. The molecule has 0 fully saturated rings. The summed E-state index contributed by atoms with van der Waals surface area (Å²) in [7, 11) is 0. The quantitative estimate of drug-likeness (QED) is 0.571. The molecule has 0 aliphatic carbocycles. The summed E-state index contributed by atoms with van der Waals surface area (Å²) in [5, 5.41) is 24.1. The normalized spacial score (nSPS) is 11.6. The first kappa shape index (κ1) is 12.0. The molecule has 0 amide bonds. The van der Waals surface area contributed by atoms with Crippen LogP contribution in [0.5, 0.6) is 0 Å². The predicted molar refractivity (Wildman–Crippen MR) is 73.4 cm³/mol. The molecule has 0 bridgehead atoms. The highest BCUT2D eigenvalue weighted by molar-refractivity contribution is 5.98. The largest absolute Gasteiger partial charge is 0.478 e. The molecular formula is C14H10N2O4. The van der Waals surface area contributed by atoms with Crippen LogP contribution in [0.15, 0.2) is 36.4 Å². The lowest BCUT2D eigenvalue weighted by molar-refractivity contribution is 0.0686. The number of anilines is 4. The molecule has 3 rings (SSSR count). The van der Waals surface area contributed by atoms with Crippen LogP contribution in [0.1, 0.15) is 20.7 Å². The highest BCUT2D eigenvalue weighted by Crippen LogP contribution is 2.39. The first-order valence-electron chi connectivity index (χ1n) is 5.83. The van der Waals surface area contributed by atoms with Crippen LogP contribution in [0.3, 0.4) is 0 Å². The summed E-state index contributed by atoms with van der Waals surface area (Å²) in [6.45, 7) is 0. The molecule has 4 N–H and O–H groups in total. The number of carboxylic acid groups (broad SMARTS) is 2. The van der Waals surface area contributed by atoms with Gasteiger partial charge in [-0.1, -0.05) is 0 Å². The molecule has 0 saturated heterocycles. The van der Waals surface area contributed by atoms with Gasteiger partial charge in [0.05, 0.1) is 33.9 Å².